The molecule has 0 N–H and O–H groups in total. The first-order chi connectivity index (χ1) is 5.59. The molecule has 0 fully saturated rings. The van der Waals surface area contributed by atoms with Crippen molar-refractivity contribution >= 4 is 34.5 Å². The molecule has 1 heterocycles. The summed E-state index contributed by atoms with van der Waals surface area (Å²) in [7, 11) is 0. The molecule has 0 aliphatic carbocycles. The van der Waals surface area contributed by atoms with Crippen molar-refractivity contribution in [1.29, 1.82) is 0 Å². The molecule has 64 valence electrons. The fourth-order valence-corrected chi connectivity index (χ4v) is 1.76. The van der Waals surface area contributed by atoms with Crippen molar-refractivity contribution < 1.29 is 9.59 Å². The van der Waals surface area contributed by atoms with Crippen LogP contribution in [0.3, 0.4) is 0 Å². The van der Waals surface area contributed by atoms with Gasteiger partial charge < -0.3 is 0 Å². The molecule has 0 aliphatic heterocycles. The maximum Gasteiger partial charge on any atom is 0.180 e. The Kier molecular flexibility index (Phi) is 3.00. The standard InChI is InChI=1S/C8H7ClO2S/c1-5(10)4-6(11)7-2-3-8(9)12-7/h2-3H,4H2,1H3. The van der Waals surface area contributed by atoms with Gasteiger partial charge in [0.25, 0.3) is 0 Å². The van der Waals surface area contributed by atoms with Crippen molar-refractivity contribution in [2.24, 2.45) is 0 Å². The first kappa shape index (κ1) is 9.42. The van der Waals surface area contributed by atoms with E-state index in [9.17, 15) is 9.59 Å². The van der Waals surface area contributed by atoms with Crippen molar-refractivity contribution in [3.63, 3.8) is 0 Å². The third-order valence-corrected chi connectivity index (χ3v) is 2.53. The van der Waals surface area contributed by atoms with Gasteiger partial charge in [-0.25, -0.2) is 0 Å². The van der Waals surface area contributed by atoms with Gasteiger partial charge in [-0.1, -0.05) is 11.6 Å². The van der Waals surface area contributed by atoms with E-state index in [2.05, 4.69) is 0 Å². The van der Waals surface area contributed by atoms with Gasteiger partial charge in [-0.15, -0.1) is 11.3 Å². The van der Waals surface area contributed by atoms with Crippen molar-refractivity contribution in [2.45, 2.75) is 13.3 Å². The van der Waals surface area contributed by atoms with Gasteiger partial charge in [0, 0.05) is 0 Å². The SMILES string of the molecule is CC(=O)CC(=O)c1ccc(Cl)s1. The molecule has 0 unspecified atom stereocenters. The minimum Gasteiger partial charge on any atom is -0.300 e. The molecule has 12 heavy (non-hydrogen) atoms. The summed E-state index contributed by atoms with van der Waals surface area (Å²) in [6.07, 6.45) is -0.0309. The van der Waals surface area contributed by atoms with Crippen molar-refractivity contribution in [3.8, 4) is 0 Å². The Balaban J connectivity index is 2.72. The molecule has 0 aromatic carbocycles. The molecule has 0 saturated carbocycles. The van der Waals surface area contributed by atoms with Crippen LogP contribution in [0.15, 0.2) is 12.1 Å². The summed E-state index contributed by atoms with van der Waals surface area (Å²) in [6, 6.07) is 3.29. The van der Waals surface area contributed by atoms with Gasteiger partial charge in [0.2, 0.25) is 0 Å². The van der Waals surface area contributed by atoms with Crippen LogP contribution in [0.1, 0.15) is 23.0 Å². The summed E-state index contributed by atoms with van der Waals surface area (Å²) >= 11 is 6.82. The van der Waals surface area contributed by atoms with Crippen LogP contribution in [0.25, 0.3) is 0 Å². The van der Waals surface area contributed by atoms with Gasteiger partial charge in [0.05, 0.1) is 15.6 Å². The number of Topliss-reactive ketones (excluding diaryl/α,β-unsaturated/α-hetero) is 2. The Morgan fingerprint density at radius 2 is 2.17 bits per heavy atom. The third kappa shape index (κ3) is 2.43. The normalized spacial score (nSPS) is 9.83. The van der Waals surface area contributed by atoms with E-state index in [0.29, 0.717) is 9.21 Å². The number of halogens is 1. The Hall–Kier alpha value is -0.670. The minimum absolute atomic E-state index is 0.0309. The molecular weight excluding hydrogens is 196 g/mol. The van der Waals surface area contributed by atoms with Gasteiger partial charge >= 0.3 is 0 Å². The molecular formula is C8H7ClO2S. The van der Waals surface area contributed by atoms with Crippen LogP contribution in [0, 0.1) is 0 Å². The summed E-state index contributed by atoms with van der Waals surface area (Å²) in [5.74, 6) is -0.274. The van der Waals surface area contributed by atoms with Gasteiger partial charge in [-0.3, -0.25) is 9.59 Å². The van der Waals surface area contributed by atoms with Crippen molar-refractivity contribution in [1.82, 2.24) is 0 Å². The Morgan fingerprint density at radius 1 is 1.50 bits per heavy atom. The quantitative estimate of drug-likeness (QED) is 0.558. The fraction of sp³-hybridized carbons (Fsp3) is 0.250. The Morgan fingerprint density at radius 3 is 2.58 bits per heavy atom. The predicted octanol–water partition coefficient (Wildman–Crippen LogP) is 2.56. The molecule has 0 radical (unpaired) electrons. The van der Waals surface area contributed by atoms with Gasteiger partial charge in [-0.05, 0) is 19.1 Å². The van der Waals surface area contributed by atoms with Gasteiger partial charge in [0.15, 0.2) is 5.78 Å². The van der Waals surface area contributed by atoms with E-state index in [1.54, 1.807) is 12.1 Å². The molecule has 2 nitrogen and oxygen atoms in total. The maximum absolute atomic E-state index is 11.2. The molecule has 1 rings (SSSR count). The van der Waals surface area contributed by atoms with E-state index in [0.717, 1.165) is 0 Å². The number of ketones is 2. The summed E-state index contributed by atoms with van der Waals surface area (Å²) in [4.78, 5) is 22.3. The second-order valence-corrected chi connectivity index (χ2v) is 4.12. The van der Waals surface area contributed by atoms with Crippen LogP contribution in [-0.2, 0) is 4.79 Å². The molecule has 0 saturated heterocycles. The molecule has 0 atom stereocenters. The smallest absolute Gasteiger partial charge is 0.180 e. The number of hydrogen-bond acceptors (Lipinski definition) is 3. The number of thiophene rings is 1. The molecule has 1 aromatic rings. The monoisotopic (exact) mass is 202 g/mol. The number of carbonyl (C=O) groups excluding carboxylic acids is 2. The highest BCUT2D eigenvalue weighted by Gasteiger charge is 2.10. The van der Waals surface area contributed by atoms with E-state index in [1.165, 1.54) is 18.3 Å². The highest BCUT2D eigenvalue weighted by molar-refractivity contribution is 7.18. The maximum atomic E-state index is 11.2. The summed E-state index contributed by atoms with van der Waals surface area (Å²) < 4.78 is 0.571. The molecule has 0 amide bonds. The van der Waals surface area contributed by atoms with Crippen LogP contribution in [-0.4, -0.2) is 11.6 Å². The lowest BCUT2D eigenvalue weighted by Gasteiger charge is -1.90. The van der Waals surface area contributed by atoms with Crippen LogP contribution in [0.5, 0.6) is 0 Å². The van der Waals surface area contributed by atoms with Crippen molar-refractivity contribution in [2.75, 3.05) is 0 Å². The van der Waals surface area contributed by atoms with Crippen molar-refractivity contribution in [3.05, 3.63) is 21.3 Å². The average molecular weight is 203 g/mol. The van der Waals surface area contributed by atoms with E-state index in [-0.39, 0.29) is 18.0 Å². The Bertz CT molecular complexity index is 317. The topological polar surface area (TPSA) is 34.1 Å². The minimum atomic E-state index is -0.153. The van der Waals surface area contributed by atoms with E-state index >= 15 is 0 Å². The zero-order valence-electron chi connectivity index (χ0n) is 6.46. The summed E-state index contributed by atoms with van der Waals surface area (Å²) in [5.41, 5.74) is 0. The van der Waals surface area contributed by atoms with Crippen LogP contribution >= 0.6 is 22.9 Å². The first-order valence-electron chi connectivity index (χ1n) is 3.37. The second-order valence-electron chi connectivity index (χ2n) is 2.41. The average Bonchev–Trinajstić information content (AvgIpc) is 2.34. The van der Waals surface area contributed by atoms with Gasteiger partial charge in [0.1, 0.15) is 5.78 Å². The lowest BCUT2D eigenvalue weighted by molar-refractivity contribution is -0.116. The van der Waals surface area contributed by atoms with Crippen LogP contribution in [0.2, 0.25) is 4.34 Å². The first-order valence-corrected chi connectivity index (χ1v) is 4.57. The summed E-state index contributed by atoms with van der Waals surface area (Å²) in [5, 5.41) is 0. The van der Waals surface area contributed by atoms with Gasteiger partial charge in [-0.2, -0.15) is 0 Å². The highest BCUT2D eigenvalue weighted by atomic mass is 35.5. The summed E-state index contributed by atoms with van der Waals surface area (Å²) in [6.45, 7) is 1.40. The highest BCUT2D eigenvalue weighted by Crippen LogP contribution is 2.22. The third-order valence-electron chi connectivity index (χ3n) is 1.26. The van der Waals surface area contributed by atoms with E-state index in [4.69, 9.17) is 11.6 Å². The van der Waals surface area contributed by atoms with Crippen LogP contribution < -0.4 is 0 Å². The van der Waals surface area contributed by atoms with E-state index in [1.807, 2.05) is 0 Å². The lowest BCUT2D eigenvalue weighted by Crippen LogP contribution is -2.02. The molecule has 0 aliphatic rings. The largest absolute Gasteiger partial charge is 0.300 e. The van der Waals surface area contributed by atoms with Crippen LogP contribution in [0.4, 0.5) is 0 Å². The zero-order chi connectivity index (χ0) is 9.14. The Labute approximate surface area is 79.2 Å². The second kappa shape index (κ2) is 3.83. The number of hydrogen-bond donors (Lipinski definition) is 0. The number of rotatable bonds is 3. The fourth-order valence-electron chi connectivity index (χ4n) is 0.777. The van der Waals surface area contributed by atoms with E-state index < -0.39 is 0 Å². The molecule has 4 heteroatoms. The molecule has 1 aromatic heterocycles. The lowest BCUT2D eigenvalue weighted by atomic mass is 10.2. The number of carbonyl (C=O) groups is 2. The zero-order valence-corrected chi connectivity index (χ0v) is 8.04. The molecule has 0 spiro atoms. The predicted molar refractivity (Wildman–Crippen MR) is 49.0 cm³/mol. The molecule has 0 bridgehead atoms.